The zero-order valence-corrected chi connectivity index (χ0v) is 18.3. The third kappa shape index (κ3) is 4.69. The number of halogens is 5. The van der Waals surface area contributed by atoms with Crippen molar-refractivity contribution < 1.29 is 37.0 Å². The van der Waals surface area contributed by atoms with E-state index in [0.717, 1.165) is 18.2 Å². The van der Waals surface area contributed by atoms with Crippen molar-refractivity contribution >= 4 is 40.7 Å². The van der Waals surface area contributed by atoms with Crippen LogP contribution >= 0.6 is 23.2 Å². The number of carbonyl (C=O) groups excluding carboxylic acids is 3. The van der Waals surface area contributed by atoms with E-state index < -0.39 is 35.0 Å². The van der Waals surface area contributed by atoms with Gasteiger partial charge < -0.3 is 9.47 Å². The molecule has 5 nitrogen and oxygen atoms in total. The summed E-state index contributed by atoms with van der Waals surface area (Å²) >= 11 is 12.0. The molecule has 0 saturated heterocycles. The van der Waals surface area contributed by atoms with Crippen molar-refractivity contribution in [3.05, 3.63) is 105 Å². The second kappa shape index (κ2) is 8.96. The predicted molar refractivity (Wildman–Crippen MR) is 117 cm³/mol. The molecule has 4 rings (SSSR count). The molecule has 0 radical (unpaired) electrons. The van der Waals surface area contributed by atoms with E-state index in [4.69, 9.17) is 32.7 Å². The van der Waals surface area contributed by atoms with Gasteiger partial charge in [-0.2, -0.15) is 13.2 Å². The van der Waals surface area contributed by atoms with E-state index in [1.165, 1.54) is 30.3 Å². The van der Waals surface area contributed by atoms with Gasteiger partial charge >= 0.3 is 12.1 Å². The Labute approximate surface area is 200 Å². The fraction of sp³-hybridized carbons (Fsp3) is 0.0417. The van der Waals surface area contributed by atoms with Crippen molar-refractivity contribution in [3.63, 3.8) is 0 Å². The van der Waals surface area contributed by atoms with Gasteiger partial charge in [0.25, 0.3) is 0 Å². The minimum absolute atomic E-state index is 0.0170. The predicted octanol–water partition coefficient (Wildman–Crippen LogP) is 6.92. The summed E-state index contributed by atoms with van der Waals surface area (Å²) in [5.74, 6) is -2.74. The van der Waals surface area contributed by atoms with Crippen LogP contribution in [0.5, 0.6) is 11.5 Å². The first-order valence-corrected chi connectivity index (χ1v) is 10.3. The number of ketones is 2. The van der Waals surface area contributed by atoms with Crippen molar-refractivity contribution in [1.29, 1.82) is 0 Å². The molecule has 0 atom stereocenters. The van der Waals surface area contributed by atoms with E-state index in [9.17, 15) is 27.6 Å². The summed E-state index contributed by atoms with van der Waals surface area (Å²) in [5, 5.41) is -0.351. The first-order chi connectivity index (χ1) is 16.0. The van der Waals surface area contributed by atoms with E-state index >= 15 is 0 Å². The maximum Gasteiger partial charge on any atom is 0.416 e. The summed E-state index contributed by atoms with van der Waals surface area (Å²) in [7, 11) is 0. The Morgan fingerprint density at radius 2 is 1.56 bits per heavy atom. The molecule has 1 aliphatic carbocycles. The van der Waals surface area contributed by atoms with Crippen LogP contribution in [-0.4, -0.2) is 17.5 Å². The number of allylic oxidation sites excluding steroid dienone is 2. The third-order valence-corrected chi connectivity index (χ3v) is 5.40. The van der Waals surface area contributed by atoms with Gasteiger partial charge in [0.05, 0.1) is 21.2 Å². The molecule has 3 aromatic rings. The van der Waals surface area contributed by atoms with E-state index in [-0.39, 0.29) is 38.2 Å². The first kappa shape index (κ1) is 23.5. The molecule has 0 aromatic heterocycles. The van der Waals surface area contributed by atoms with E-state index in [0.29, 0.717) is 6.07 Å². The number of hydrogen-bond donors (Lipinski definition) is 0. The normalized spacial score (nSPS) is 13.3. The summed E-state index contributed by atoms with van der Waals surface area (Å²) in [6.07, 6.45) is -3.66. The lowest BCUT2D eigenvalue weighted by molar-refractivity contribution is -0.137. The quantitative estimate of drug-likeness (QED) is 0.359. The Morgan fingerprint density at radius 3 is 2.24 bits per heavy atom. The Bertz CT molecular complexity index is 1380. The van der Waals surface area contributed by atoms with Crippen LogP contribution in [-0.2, 0) is 10.9 Å². The third-order valence-electron chi connectivity index (χ3n) is 4.77. The molecular weight excluding hydrogens is 496 g/mol. The van der Waals surface area contributed by atoms with Gasteiger partial charge in [0.2, 0.25) is 5.78 Å². The second-order valence-corrected chi connectivity index (χ2v) is 7.84. The van der Waals surface area contributed by atoms with Gasteiger partial charge in [-0.05, 0) is 36.4 Å². The summed E-state index contributed by atoms with van der Waals surface area (Å²) in [6, 6.07) is 12.4. The number of rotatable bonds is 4. The summed E-state index contributed by atoms with van der Waals surface area (Å²) < 4.78 is 49.1. The number of Topliss-reactive ketones (excluding diaryl/α,β-unsaturated/α-hetero) is 1. The molecule has 10 heteroatoms. The summed E-state index contributed by atoms with van der Waals surface area (Å²) in [5.41, 5.74) is -0.874. The maximum atomic E-state index is 12.8. The van der Waals surface area contributed by atoms with Crippen LogP contribution in [0.4, 0.5) is 13.2 Å². The van der Waals surface area contributed by atoms with Crippen LogP contribution in [0.15, 0.2) is 72.5 Å². The molecule has 0 aliphatic heterocycles. The molecule has 0 unspecified atom stereocenters. The van der Waals surface area contributed by atoms with Crippen molar-refractivity contribution in [2.24, 2.45) is 0 Å². The highest BCUT2D eigenvalue weighted by molar-refractivity contribution is 6.34. The maximum absolute atomic E-state index is 12.8. The lowest BCUT2D eigenvalue weighted by Crippen LogP contribution is -2.20. The second-order valence-electron chi connectivity index (χ2n) is 7.02. The van der Waals surface area contributed by atoms with Gasteiger partial charge in [0, 0.05) is 17.2 Å². The van der Waals surface area contributed by atoms with Crippen molar-refractivity contribution in [2.75, 3.05) is 0 Å². The monoisotopic (exact) mass is 506 g/mol. The average Bonchev–Trinajstić information content (AvgIpc) is 2.79. The van der Waals surface area contributed by atoms with Crippen LogP contribution in [0, 0.1) is 0 Å². The van der Waals surface area contributed by atoms with Crippen molar-refractivity contribution in [1.82, 2.24) is 0 Å². The topological polar surface area (TPSA) is 69.7 Å². The van der Waals surface area contributed by atoms with Gasteiger partial charge in [0.15, 0.2) is 11.5 Å². The van der Waals surface area contributed by atoms with Crippen LogP contribution in [0.1, 0.15) is 36.6 Å². The molecule has 0 N–H and O–H groups in total. The molecule has 172 valence electrons. The standard InChI is InChI=1S/C24H11Cl2F3O5/c25-17-7-6-13(33-20-8-5-12(9-18(20)26)24(27,28)29)10-16(17)23(32)34-21-11-19(30)14-3-1-2-4-15(14)22(21)31/h1-11H. The van der Waals surface area contributed by atoms with E-state index in [2.05, 4.69) is 0 Å². The van der Waals surface area contributed by atoms with Crippen LogP contribution in [0.2, 0.25) is 10.0 Å². The lowest BCUT2D eigenvalue weighted by atomic mass is 9.94. The number of fused-ring (bicyclic) bond motifs is 1. The molecule has 0 bridgehead atoms. The molecule has 0 spiro atoms. The molecule has 0 saturated carbocycles. The summed E-state index contributed by atoms with van der Waals surface area (Å²) in [6.45, 7) is 0. The SMILES string of the molecule is O=C(OC1=CC(=O)c2ccccc2C1=O)c1cc(Oc2ccc(C(F)(F)F)cc2Cl)ccc1Cl. The largest absolute Gasteiger partial charge is 0.456 e. The van der Waals surface area contributed by atoms with Gasteiger partial charge in [-0.25, -0.2) is 4.79 Å². The molecule has 1 aliphatic rings. The molecule has 0 amide bonds. The van der Waals surface area contributed by atoms with Crippen LogP contribution < -0.4 is 4.74 Å². The zero-order chi connectivity index (χ0) is 24.6. The Morgan fingerprint density at radius 1 is 0.853 bits per heavy atom. The Balaban J connectivity index is 1.57. The highest BCUT2D eigenvalue weighted by Crippen LogP contribution is 2.37. The highest BCUT2D eigenvalue weighted by Gasteiger charge is 2.31. The van der Waals surface area contributed by atoms with Crippen molar-refractivity contribution in [2.45, 2.75) is 6.18 Å². The van der Waals surface area contributed by atoms with Crippen LogP contribution in [0.3, 0.4) is 0 Å². The fourth-order valence-electron chi connectivity index (χ4n) is 3.13. The smallest absolute Gasteiger partial charge is 0.416 e. The number of esters is 1. The average molecular weight is 507 g/mol. The molecule has 34 heavy (non-hydrogen) atoms. The molecule has 3 aromatic carbocycles. The molecule has 0 heterocycles. The van der Waals surface area contributed by atoms with E-state index in [1.807, 2.05) is 0 Å². The highest BCUT2D eigenvalue weighted by atomic mass is 35.5. The number of ether oxygens (including phenoxy) is 2. The van der Waals surface area contributed by atoms with Gasteiger partial charge in [-0.1, -0.05) is 47.5 Å². The van der Waals surface area contributed by atoms with E-state index in [1.54, 1.807) is 12.1 Å². The van der Waals surface area contributed by atoms with Crippen LogP contribution in [0.25, 0.3) is 0 Å². The minimum atomic E-state index is -4.58. The fourth-order valence-corrected chi connectivity index (χ4v) is 3.55. The Kier molecular flexibility index (Phi) is 6.20. The summed E-state index contributed by atoms with van der Waals surface area (Å²) in [4.78, 5) is 37.6. The first-order valence-electron chi connectivity index (χ1n) is 9.50. The van der Waals surface area contributed by atoms with Gasteiger partial charge in [0.1, 0.15) is 11.5 Å². The number of alkyl halides is 3. The number of benzene rings is 3. The van der Waals surface area contributed by atoms with Gasteiger partial charge in [-0.3, -0.25) is 9.59 Å². The number of carbonyl (C=O) groups is 3. The number of hydrogen-bond acceptors (Lipinski definition) is 5. The zero-order valence-electron chi connectivity index (χ0n) is 16.8. The van der Waals surface area contributed by atoms with Gasteiger partial charge in [-0.15, -0.1) is 0 Å². The lowest BCUT2D eigenvalue weighted by Gasteiger charge is -2.15. The molecular formula is C24H11Cl2F3O5. The molecule has 0 fully saturated rings. The van der Waals surface area contributed by atoms with Crippen molar-refractivity contribution in [3.8, 4) is 11.5 Å². The minimum Gasteiger partial charge on any atom is -0.456 e. The Hall–Kier alpha value is -3.62.